The molecular weight excluding hydrogens is 279 g/mol. The van der Waals surface area contributed by atoms with Gasteiger partial charge in [0.2, 0.25) is 0 Å². The van der Waals surface area contributed by atoms with E-state index in [1.54, 1.807) is 0 Å². The van der Waals surface area contributed by atoms with Crippen molar-refractivity contribution in [3.05, 3.63) is 23.9 Å². The number of alkyl halides is 3. The zero-order chi connectivity index (χ0) is 15.1. The van der Waals surface area contributed by atoms with Crippen molar-refractivity contribution in [2.45, 2.75) is 38.4 Å². The third-order valence-electron chi connectivity index (χ3n) is 5.17. The fourth-order valence-electron chi connectivity index (χ4n) is 3.73. The molecule has 2 saturated heterocycles. The molecule has 1 N–H and O–H groups in total. The van der Waals surface area contributed by atoms with E-state index in [9.17, 15) is 13.2 Å². The second-order valence-electron chi connectivity index (χ2n) is 6.13. The lowest BCUT2D eigenvalue weighted by molar-refractivity contribution is -0.137. The van der Waals surface area contributed by atoms with Crippen LogP contribution in [0.1, 0.15) is 31.7 Å². The first kappa shape index (κ1) is 14.6. The molecule has 0 saturated carbocycles. The molecule has 0 bridgehead atoms. The number of anilines is 1. The maximum atomic E-state index is 12.8. The van der Waals surface area contributed by atoms with Gasteiger partial charge in [-0.25, -0.2) is 4.98 Å². The Balaban J connectivity index is 1.85. The average molecular weight is 299 g/mol. The van der Waals surface area contributed by atoms with Gasteiger partial charge in [0, 0.05) is 18.8 Å². The number of aromatic nitrogens is 1. The highest BCUT2D eigenvalue weighted by molar-refractivity contribution is 5.45. The van der Waals surface area contributed by atoms with E-state index in [1.165, 1.54) is 12.3 Å². The highest BCUT2D eigenvalue weighted by Gasteiger charge is 2.45. The van der Waals surface area contributed by atoms with Crippen LogP contribution in [0.15, 0.2) is 18.3 Å². The van der Waals surface area contributed by atoms with E-state index < -0.39 is 11.7 Å². The van der Waals surface area contributed by atoms with Crippen LogP contribution in [0, 0.1) is 5.41 Å². The van der Waals surface area contributed by atoms with Gasteiger partial charge in [0.05, 0.1) is 5.56 Å². The van der Waals surface area contributed by atoms with Crippen LogP contribution in [-0.4, -0.2) is 30.7 Å². The molecule has 1 aromatic rings. The topological polar surface area (TPSA) is 28.2 Å². The summed E-state index contributed by atoms with van der Waals surface area (Å²) in [5.41, 5.74) is -0.396. The number of pyridine rings is 1. The predicted octanol–water partition coefficient (Wildman–Crippen LogP) is 3.07. The van der Waals surface area contributed by atoms with Crippen molar-refractivity contribution in [2.24, 2.45) is 5.41 Å². The van der Waals surface area contributed by atoms with Crippen molar-refractivity contribution >= 4 is 5.82 Å². The van der Waals surface area contributed by atoms with Crippen LogP contribution >= 0.6 is 0 Å². The molecule has 0 amide bonds. The second-order valence-corrected chi connectivity index (χ2v) is 6.13. The third kappa shape index (κ3) is 2.61. The maximum Gasteiger partial charge on any atom is 0.416 e. The summed E-state index contributed by atoms with van der Waals surface area (Å²) in [6.45, 7) is 4.90. The summed E-state index contributed by atoms with van der Waals surface area (Å²) in [5.74, 6) is 0.452. The normalized spacial score (nSPS) is 25.5. The van der Waals surface area contributed by atoms with Gasteiger partial charge in [-0.15, -0.1) is 0 Å². The minimum atomic E-state index is -4.31. The third-order valence-corrected chi connectivity index (χ3v) is 5.17. The van der Waals surface area contributed by atoms with Crippen LogP contribution < -0.4 is 10.2 Å². The first-order valence-corrected chi connectivity index (χ1v) is 7.43. The van der Waals surface area contributed by atoms with Crippen molar-refractivity contribution in [2.75, 3.05) is 24.5 Å². The lowest BCUT2D eigenvalue weighted by Crippen LogP contribution is -2.44. The highest BCUT2D eigenvalue weighted by Crippen LogP contribution is 2.45. The van der Waals surface area contributed by atoms with E-state index >= 15 is 0 Å². The largest absolute Gasteiger partial charge is 0.416 e. The number of nitrogens with one attached hydrogen (secondary N) is 1. The average Bonchev–Trinajstić information content (AvgIpc) is 2.76. The molecule has 3 heterocycles. The minimum absolute atomic E-state index is 0.223. The molecule has 2 aliphatic heterocycles. The van der Waals surface area contributed by atoms with E-state index in [2.05, 4.69) is 17.2 Å². The summed E-state index contributed by atoms with van der Waals surface area (Å²) in [4.78, 5) is 6.22. The molecule has 0 aliphatic carbocycles. The molecule has 1 atom stereocenters. The summed E-state index contributed by atoms with van der Waals surface area (Å²) < 4.78 is 38.5. The Kier molecular flexibility index (Phi) is 3.59. The summed E-state index contributed by atoms with van der Waals surface area (Å²) in [7, 11) is 0. The molecule has 116 valence electrons. The van der Waals surface area contributed by atoms with Gasteiger partial charge < -0.3 is 10.2 Å². The summed E-state index contributed by atoms with van der Waals surface area (Å²) in [5, 5.41) is 3.36. The Morgan fingerprint density at radius 1 is 1.29 bits per heavy atom. The van der Waals surface area contributed by atoms with Gasteiger partial charge in [-0.05, 0) is 56.8 Å². The number of hydrogen-bond donors (Lipinski definition) is 1. The second kappa shape index (κ2) is 5.16. The molecule has 21 heavy (non-hydrogen) atoms. The standard InChI is InChI=1S/C15H20F3N3/c1-11-14(3-7-19-8-4-14)5-9-21(11)13-10-12(2-6-20-13)15(16,17)18/h2,6,10-11,19H,3-5,7-9H2,1H3. The van der Waals surface area contributed by atoms with Crippen molar-refractivity contribution < 1.29 is 13.2 Å². The molecule has 2 aliphatic rings. The van der Waals surface area contributed by atoms with Gasteiger partial charge in [0.1, 0.15) is 5.82 Å². The molecule has 3 nitrogen and oxygen atoms in total. The number of hydrogen-bond acceptors (Lipinski definition) is 3. The van der Waals surface area contributed by atoms with Crippen molar-refractivity contribution in [1.82, 2.24) is 10.3 Å². The fourth-order valence-corrected chi connectivity index (χ4v) is 3.73. The van der Waals surface area contributed by atoms with Gasteiger partial charge in [-0.1, -0.05) is 0 Å². The monoisotopic (exact) mass is 299 g/mol. The lowest BCUT2D eigenvalue weighted by Gasteiger charge is -2.39. The fraction of sp³-hybridized carbons (Fsp3) is 0.667. The number of nitrogens with zero attached hydrogens (tertiary/aromatic N) is 2. The summed E-state index contributed by atoms with van der Waals surface area (Å²) in [6.07, 6.45) is 0.159. The molecule has 1 unspecified atom stereocenters. The number of halogens is 3. The molecular formula is C15H20F3N3. The van der Waals surface area contributed by atoms with Crippen LogP contribution in [0.4, 0.5) is 19.0 Å². The SMILES string of the molecule is CC1N(c2cc(C(F)(F)F)ccn2)CCC12CCNCC2. The van der Waals surface area contributed by atoms with Crippen LogP contribution in [-0.2, 0) is 6.18 Å². The molecule has 1 aromatic heterocycles. The van der Waals surface area contributed by atoms with Gasteiger partial charge in [-0.2, -0.15) is 13.2 Å². The van der Waals surface area contributed by atoms with Crippen LogP contribution in [0.3, 0.4) is 0 Å². The quantitative estimate of drug-likeness (QED) is 0.864. The Hall–Kier alpha value is -1.30. The number of piperidine rings is 1. The zero-order valence-corrected chi connectivity index (χ0v) is 12.1. The Morgan fingerprint density at radius 3 is 2.67 bits per heavy atom. The Labute approximate surface area is 122 Å². The molecule has 2 fully saturated rings. The lowest BCUT2D eigenvalue weighted by atomic mass is 9.73. The van der Waals surface area contributed by atoms with Crippen LogP contribution in [0.2, 0.25) is 0 Å². The van der Waals surface area contributed by atoms with Gasteiger partial charge in [0.15, 0.2) is 0 Å². The van der Waals surface area contributed by atoms with Crippen LogP contribution in [0.25, 0.3) is 0 Å². The zero-order valence-electron chi connectivity index (χ0n) is 12.1. The molecule has 0 aromatic carbocycles. The molecule has 0 radical (unpaired) electrons. The summed E-state index contributed by atoms with van der Waals surface area (Å²) >= 11 is 0. The number of rotatable bonds is 1. The first-order chi connectivity index (χ1) is 9.92. The Bertz CT molecular complexity index is 509. The van der Waals surface area contributed by atoms with E-state index in [0.717, 1.165) is 45.0 Å². The smallest absolute Gasteiger partial charge is 0.353 e. The minimum Gasteiger partial charge on any atom is -0.353 e. The van der Waals surface area contributed by atoms with E-state index in [0.29, 0.717) is 5.82 Å². The van der Waals surface area contributed by atoms with Gasteiger partial charge in [0.25, 0.3) is 0 Å². The van der Waals surface area contributed by atoms with Gasteiger partial charge >= 0.3 is 6.18 Å². The van der Waals surface area contributed by atoms with E-state index in [1.807, 2.05) is 4.90 Å². The molecule has 6 heteroatoms. The maximum absolute atomic E-state index is 12.8. The molecule has 3 rings (SSSR count). The van der Waals surface area contributed by atoms with E-state index in [4.69, 9.17) is 0 Å². The summed E-state index contributed by atoms with van der Waals surface area (Å²) in [6, 6.07) is 2.44. The van der Waals surface area contributed by atoms with Crippen molar-refractivity contribution in [3.63, 3.8) is 0 Å². The van der Waals surface area contributed by atoms with Crippen molar-refractivity contribution in [3.8, 4) is 0 Å². The van der Waals surface area contributed by atoms with Gasteiger partial charge in [-0.3, -0.25) is 0 Å². The first-order valence-electron chi connectivity index (χ1n) is 7.43. The van der Waals surface area contributed by atoms with E-state index in [-0.39, 0.29) is 11.5 Å². The molecule has 1 spiro atoms. The predicted molar refractivity (Wildman–Crippen MR) is 75.2 cm³/mol. The highest BCUT2D eigenvalue weighted by atomic mass is 19.4. The Morgan fingerprint density at radius 2 is 2.00 bits per heavy atom. The van der Waals surface area contributed by atoms with Crippen LogP contribution in [0.5, 0.6) is 0 Å². The van der Waals surface area contributed by atoms with Crippen molar-refractivity contribution in [1.29, 1.82) is 0 Å².